The summed E-state index contributed by atoms with van der Waals surface area (Å²) in [5.41, 5.74) is 8.23. The highest BCUT2D eigenvalue weighted by Gasteiger charge is 2.00. The van der Waals surface area contributed by atoms with Crippen molar-refractivity contribution in [2.75, 3.05) is 0 Å². The van der Waals surface area contributed by atoms with E-state index in [0.29, 0.717) is 0 Å². The fraction of sp³-hybridized carbons (Fsp3) is 0.200. The largest absolute Gasteiger partial charge is 0.324 e. The number of rotatable bonds is 4. The SMILES string of the molecule is CC(N)c1ccc(SCc2cccc(Cl)c2)cc1. The highest BCUT2D eigenvalue weighted by molar-refractivity contribution is 7.98. The van der Waals surface area contributed by atoms with Gasteiger partial charge in [0, 0.05) is 21.7 Å². The van der Waals surface area contributed by atoms with Crippen LogP contribution in [0.2, 0.25) is 5.02 Å². The van der Waals surface area contributed by atoms with Crippen molar-refractivity contribution in [1.29, 1.82) is 0 Å². The molecule has 0 amide bonds. The Bertz CT molecular complexity index is 508. The van der Waals surface area contributed by atoms with Gasteiger partial charge >= 0.3 is 0 Å². The molecule has 0 bridgehead atoms. The topological polar surface area (TPSA) is 26.0 Å². The van der Waals surface area contributed by atoms with Crippen LogP contribution < -0.4 is 5.73 Å². The van der Waals surface area contributed by atoms with Gasteiger partial charge in [-0.1, -0.05) is 35.9 Å². The molecular formula is C15H16ClNS. The Hall–Kier alpha value is -0.960. The normalized spacial score (nSPS) is 12.4. The molecule has 0 saturated carbocycles. The van der Waals surface area contributed by atoms with Gasteiger partial charge in [0.2, 0.25) is 0 Å². The van der Waals surface area contributed by atoms with Crippen molar-refractivity contribution in [2.24, 2.45) is 5.73 Å². The number of hydrogen-bond donors (Lipinski definition) is 1. The first-order valence-corrected chi connectivity index (χ1v) is 7.24. The first-order chi connectivity index (χ1) is 8.65. The number of benzene rings is 2. The number of halogens is 1. The second kappa shape index (κ2) is 6.28. The zero-order valence-corrected chi connectivity index (χ0v) is 11.8. The molecule has 0 spiro atoms. The summed E-state index contributed by atoms with van der Waals surface area (Å²) in [6.07, 6.45) is 0. The van der Waals surface area contributed by atoms with Crippen LogP contribution in [-0.4, -0.2) is 0 Å². The van der Waals surface area contributed by atoms with E-state index in [1.165, 1.54) is 16.0 Å². The molecule has 0 fully saturated rings. The molecular weight excluding hydrogens is 262 g/mol. The van der Waals surface area contributed by atoms with Gasteiger partial charge in [-0.05, 0) is 42.3 Å². The minimum atomic E-state index is 0.0944. The second-order valence-corrected chi connectivity index (χ2v) is 5.76. The maximum absolute atomic E-state index is 5.96. The Kier molecular flexibility index (Phi) is 4.70. The van der Waals surface area contributed by atoms with Crippen LogP contribution in [0, 0.1) is 0 Å². The molecule has 0 heterocycles. The first-order valence-electron chi connectivity index (χ1n) is 5.88. The van der Waals surface area contributed by atoms with Gasteiger partial charge in [-0.25, -0.2) is 0 Å². The molecule has 0 aliphatic rings. The Morgan fingerprint density at radius 3 is 2.50 bits per heavy atom. The van der Waals surface area contributed by atoms with Gasteiger partial charge in [-0.3, -0.25) is 0 Å². The van der Waals surface area contributed by atoms with Crippen LogP contribution in [-0.2, 0) is 5.75 Å². The predicted octanol–water partition coefficient (Wildman–Crippen LogP) is 4.65. The minimum Gasteiger partial charge on any atom is -0.324 e. The van der Waals surface area contributed by atoms with Crippen molar-refractivity contribution in [2.45, 2.75) is 23.6 Å². The number of nitrogens with two attached hydrogens (primary N) is 1. The fourth-order valence-electron chi connectivity index (χ4n) is 1.66. The smallest absolute Gasteiger partial charge is 0.0409 e. The van der Waals surface area contributed by atoms with E-state index in [9.17, 15) is 0 Å². The Labute approximate surface area is 117 Å². The van der Waals surface area contributed by atoms with E-state index in [2.05, 4.69) is 30.3 Å². The van der Waals surface area contributed by atoms with Gasteiger partial charge in [-0.2, -0.15) is 0 Å². The number of thioether (sulfide) groups is 1. The predicted molar refractivity (Wildman–Crippen MR) is 80.1 cm³/mol. The molecule has 3 heteroatoms. The maximum atomic E-state index is 5.96. The molecule has 2 aromatic rings. The Balaban J connectivity index is 1.98. The third-order valence-corrected chi connectivity index (χ3v) is 4.02. The third kappa shape index (κ3) is 3.77. The molecule has 2 rings (SSSR count). The highest BCUT2D eigenvalue weighted by atomic mass is 35.5. The molecule has 2 aromatic carbocycles. The van der Waals surface area contributed by atoms with E-state index in [1.54, 1.807) is 11.8 Å². The van der Waals surface area contributed by atoms with E-state index in [1.807, 2.05) is 25.1 Å². The van der Waals surface area contributed by atoms with Crippen LogP contribution >= 0.6 is 23.4 Å². The molecule has 1 atom stereocenters. The summed E-state index contributed by atoms with van der Waals surface area (Å²) < 4.78 is 0. The summed E-state index contributed by atoms with van der Waals surface area (Å²) >= 11 is 7.76. The lowest BCUT2D eigenvalue weighted by molar-refractivity contribution is 0.817. The van der Waals surface area contributed by atoms with Gasteiger partial charge in [-0.15, -0.1) is 11.8 Å². The van der Waals surface area contributed by atoms with Gasteiger partial charge < -0.3 is 5.73 Å². The fourth-order valence-corrected chi connectivity index (χ4v) is 2.72. The van der Waals surface area contributed by atoms with Gasteiger partial charge in [0.1, 0.15) is 0 Å². The van der Waals surface area contributed by atoms with Crippen LogP contribution in [0.1, 0.15) is 24.1 Å². The van der Waals surface area contributed by atoms with Crippen LogP contribution in [0.15, 0.2) is 53.4 Å². The standard InChI is InChI=1S/C15H16ClNS/c1-11(17)13-5-7-15(8-6-13)18-10-12-3-2-4-14(16)9-12/h2-9,11H,10,17H2,1H3. The Morgan fingerprint density at radius 1 is 1.17 bits per heavy atom. The molecule has 1 nitrogen and oxygen atoms in total. The van der Waals surface area contributed by atoms with Crippen LogP contribution in [0.25, 0.3) is 0 Å². The van der Waals surface area contributed by atoms with Gasteiger partial charge in [0.25, 0.3) is 0 Å². The quantitative estimate of drug-likeness (QED) is 0.823. The summed E-state index contributed by atoms with van der Waals surface area (Å²) in [4.78, 5) is 1.25. The number of hydrogen-bond acceptors (Lipinski definition) is 2. The van der Waals surface area contributed by atoms with Crippen molar-refractivity contribution in [3.63, 3.8) is 0 Å². The van der Waals surface area contributed by atoms with Crippen molar-refractivity contribution < 1.29 is 0 Å². The highest BCUT2D eigenvalue weighted by Crippen LogP contribution is 2.25. The first kappa shape index (κ1) is 13.5. The average Bonchev–Trinajstić information content (AvgIpc) is 2.37. The van der Waals surface area contributed by atoms with Gasteiger partial charge in [0.05, 0.1) is 0 Å². The summed E-state index contributed by atoms with van der Waals surface area (Å²) in [6, 6.07) is 16.5. The zero-order chi connectivity index (χ0) is 13.0. The summed E-state index contributed by atoms with van der Waals surface area (Å²) in [7, 11) is 0. The molecule has 1 unspecified atom stereocenters. The van der Waals surface area contributed by atoms with E-state index in [4.69, 9.17) is 17.3 Å². The lowest BCUT2D eigenvalue weighted by Gasteiger charge is -2.07. The van der Waals surface area contributed by atoms with Crippen molar-refractivity contribution in [1.82, 2.24) is 0 Å². The third-order valence-electron chi connectivity index (χ3n) is 2.70. The monoisotopic (exact) mass is 277 g/mol. The molecule has 0 aliphatic carbocycles. The van der Waals surface area contributed by atoms with Crippen molar-refractivity contribution >= 4 is 23.4 Å². The van der Waals surface area contributed by atoms with Crippen LogP contribution in [0.4, 0.5) is 0 Å². The lowest BCUT2D eigenvalue weighted by Crippen LogP contribution is -2.04. The Morgan fingerprint density at radius 2 is 1.89 bits per heavy atom. The lowest BCUT2D eigenvalue weighted by atomic mass is 10.1. The summed E-state index contributed by atoms with van der Waals surface area (Å²) in [6.45, 7) is 1.99. The molecule has 18 heavy (non-hydrogen) atoms. The second-order valence-electron chi connectivity index (χ2n) is 4.28. The van der Waals surface area contributed by atoms with Crippen LogP contribution in [0.3, 0.4) is 0 Å². The van der Waals surface area contributed by atoms with E-state index in [-0.39, 0.29) is 6.04 Å². The molecule has 94 valence electrons. The van der Waals surface area contributed by atoms with E-state index < -0.39 is 0 Å². The van der Waals surface area contributed by atoms with Gasteiger partial charge in [0.15, 0.2) is 0 Å². The minimum absolute atomic E-state index is 0.0944. The molecule has 0 saturated heterocycles. The summed E-state index contributed by atoms with van der Waals surface area (Å²) in [5, 5.41) is 0.792. The average molecular weight is 278 g/mol. The van der Waals surface area contributed by atoms with E-state index in [0.717, 1.165) is 10.8 Å². The van der Waals surface area contributed by atoms with Crippen molar-refractivity contribution in [3.8, 4) is 0 Å². The molecule has 2 N–H and O–H groups in total. The van der Waals surface area contributed by atoms with Crippen LogP contribution in [0.5, 0.6) is 0 Å². The molecule has 0 aromatic heterocycles. The zero-order valence-electron chi connectivity index (χ0n) is 10.3. The molecule has 0 aliphatic heterocycles. The van der Waals surface area contributed by atoms with Crippen molar-refractivity contribution in [3.05, 3.63) is 64.7 Å². The molecule has 0 radical (unpaired) electrons. The summed E-state index contributed by atoms with van der Waals surface area (Å²) in [5.74, 6) is 0.929. The maximum Gasteiger partial charge on any atom is 0.0409 e. The van der Waals surface area contributed by atoms with E-state index >= 15 is 0 Å².